The zero-order valence-corrected chi connectivity index (χ0v) is 7.47. The predicted molar refractivity (Wildman–Crippen MR) is 52.0 cm³/mol. The Labute approximate surface area is 78.3 Å². The number of aromatic hydroxyl groups is 1. The summed E-state index contributed by atoms with van der Waals surface area (Å²) in [4.78, 5) is 13.4. The van der Waals surface area contributed by atoms with Gasteiger partial charge in [0.05, 0.1) is 5.69 Å². The second-order valence-electron chi connectivity index (χ2n) is 2.58. The van der Waals surface area contributed by atoms with Gasteiger partial charge in [-0.05, 0) is 12.1 Å². The van der Waals surface area contributed by atoms with Crippen LogP contribution in [0.4, 0.5) is 0 Å². The summed E-state index contributed by atoms with van der Waals surface area (Å²) in [6, 6.07) is 6.90. The minimum atomic E-state index is -0.113. The first-order valence-corrected chi connectivity index (χ1v) is 4.61. The van der Waals surface area contributed by atoms with Crippen LogP contribution in [0.2, 0.25) is 0 Å². The Morgan fingerprint density at radius 3 is 2.69 bits per heavy atom. The number of aromatic amines is 1. The first kappa shape index (κ1) is 8.07. The van der Waals surface area contributed by atoms with Crippen molar-refractivity contribution in [2.24, 2.45) is 0 Å². The highest BCUT2D eigenvalue weighted by molar-refractivity contribution is 7.07. The van der Waals surface area contributed by atoms with Gasteiger partial charge in [0.15, 0.2) is 0 Å². The Hall–Kier alpha value is -1.55. The molecule has 0 saturated carbocycles. The molecule has 4 heteroatoms. The van der Waals surface area contributed by atoms with Crippen molar-refractivity contribution in [1.29, 1.82) is 0 Å². The molecule has 1 aromatic heterocycles. The minimum absolute atomic E-state index is 0.113. The van der Waals surface area contributed by atoms with Gasteiger partial charge in [-0.25, -0.2) is 0 Å². The third-order valence-corrected chi connectivity index (χ3v) is 2.38. The number of phenols is 1. The van der Waals surface area contributed by atoms with Crippen LogP contribution in [0.1, 0.15) is 0 Å². The second kappa shape index (κ2) is 3.06. The van der Waals surface area contributed by atoms with Crippen molar-refractivity contribution in [2.75, 3.05) is 0 Å². The zero-order chi connectivity index (χ0) is 9.26. The highest BCUT2D eigenvalue weighted by Crippen LogP contribution is 2.26. The van der Waals surface area contributed by atoms with Crippen LogP contribution in [-0.2, 0) is 0 Å². The summed E-state index contributed by atoms with van der Waals surface area (Å²) in [6.45, 7) is 0. The number of nitrogens with one attached hydrogen (secondary N) is 1. The van der Waals surface area contributed by atoms with Crippen molar-refractivity contribution < 1.29 is 5.11 Å². The van der Waals surface area contributed by atoms with Crippen molar-refractivity contribution in [3.05, 3.63) is 39.3 Å². The van der Waals surface area contributed by atoms with Gasteiger partial charge in [-0.15, -0.1) is 0 Å². The molecule has 1 heterocycles. The molecule has 0 spiro atoms. The van der Waals surface area contributed by atoms with Crippen molar-refractivity contribution in [1.82, 2.24) is 4.98 Å². The van der Waals surface area contributed by atoms with Crippen molar-refractivity contribution >= 4 is 11.3 Å². The number of aromatic nitrogens is 1. The number of benzene rings is 1. The van der Waals surface area contributed by atoms with Crippen LogP contribution < -0.4 is 4.87 Å². The Morgan fingerprint density at radius 2 is 2.08 bits per heavy atom. The van der Waals surface area contributed by atoms with Gasteiger partial charge < -0.3 is 10.1 Å². The summed E-state index contributed by atoms with van der Waals surface area (Å²) in [5.41, 5.74) is 1.31. The molecule has 2 aromatic rings. The summed E-state index contributed by atoms with van der Waals surface area (Å²) < 4.78 is 0. The van der Waals surface area contributed by atoms with E-state index in [2.05, 4.69) is 4.98 Å². The first-order valence-electron chi connectivity index (χ1n) is 3.73. The maximum absolute atomic E-state index is 10.9. The topological polar surface area (TPSA) is 53.1 Å². The lowest BCUT2D eigenvalue weighted by Crippen LogP contribution is -1.92. The molecule has 0 aliphatic rings. The van der Waals surface area contributed by atoms with E-state index >= 15 is 0 Å². The maximum Gasteiger partial charge on any atom is 0.304 e. The molecular weight excluding hydrogens is 186 g/mol. The Bertz CT molecular complexity index is 472. The first-order chi connectivity index (χ1) is 6.27. The Balaban J connectivity index is 2.58. The van der Waals surface area contributed by atoms with E-state index in [4.69, 9.17) is 0 Å². The Kier molecular flexibility index (Phi) is 1.90. The number of hydrogen-bond acceptors (Lipinski definition) is 3. The normalized spacial score (nSPS) is 10.2. The fourth-order valence-electron chi connectivity index (χ4n) is 1.11. The lowest BCUT2D eigenvalue weighted by Gasteiger charge is -1.99. The van der Waals surface area contributed by atoms with Gasteiger partial charge >= 0.3 is 4.87 Å². The van der Waals surface area contributed by atoms with Crippen molar-refractivity contribution in [3.63, 3.8) is 0 Å². The summed E-state index contributed by atoms with van der Waals surface area (Å²) in [7, 11) is 0. The third-order valence-electron chi connectivity index (χ3n) is 1.71. The van der Waals surface area contributed by atoms with Crippen molar-refractivity contribution in [3.8, 4) is 17.0 Å². The maximum atomic E-state index is 10.9. The molecule has 0 aliphatic carbocycles. The quantitative estimate of drug-likeness (QED) is 0.725. The third kappa shape index (κ3) is 1.48. The number of rotatable bonds is 1. The van der Waals surface area contributed by atoms with Crippen LogP contribution in [0.5, 0.6) is 5.75 Å². The molecule has 0 saturated heterocycles. The molecule has 1 aromatic carbocycles. The lowest BCUT2D eigenvalue weighted by atomic mass is 10.1. The molecule has 3 nitrogen and oxygen atoms in total. The Morgan fingerprint density at radius 1 is 1.31 bits per heavy atom. The van der Waals surface area contributed by atoms with Gasteiger partial charge in [0.1, 0.15) is 5.75 Å². The van der Waals surface area contributed by atoms with E-state index in [0.29, 0.717) is 11.3 Å². The molecule has 0 unspecified atom stereocenters. The van der Waals surface area contributed by atoms with Gasteiger partial charge in [0.2, 0.25) is 0 Å². The van der Waals surface area contributed by atoms with E-state index in [1.54, 1.807) is 23.6 Å². The molecule has 2 N–H and O–H groups in total. The number of phenolic OH excluding ortho intramolecular Hbond substituents is 1. The fourth-order valence-corrected chi connectivity index (χ4v) is 1.69. The molecule has 13 heavy (non-hydrogen) atoms. The second-order valence-corrected chi connectivity index (χ2v) is 3.42. The molecule has 0 aliphatic heterocycles. The van der Waals surface area contributed by atoms with E-state index in [9.17, 15) is 9.90 Å². The van der Waals surface area contributed by atoms with E-state index in [-0.39, 0.29) is 10.6 Å². The summed E-state index contributed by atoms with van der Waals surface area (Å²) in [6.07, 6.45) is 0. The molecular formula is C9H7NO2S. The van der Waals surface area contributed by atoms with Gasteiger partial charge in [-0.3, -0.25) is 4.79 Å². The number of H-pyrrole nitrogens is 1. The molecule has 2 rings (SSSR count). The number of hydrogen-bond donors (Lipinski definition) is 2. The van der Waals surface area contributed by atoms with Crippen LogP contribution in [0.15, 0.2) is 34.4 Å². The average molecular weight is 193 g/mol. The SMILES string of the molecule is O=c1[nH]c(-c2ccccc2O)cs1. The fraction of sp³-hybridized carbons (Fsp3) is 0. The molecule has 0 atom stereocenters. The number of para-hydroxylation sites is 1. The van der Waals surface area contributed by atoms with Crippen LogP contribution in [-0.4, -0.2) is 10.1 Å². The van der Waals surface area contributed by atoms with Gasteiger partial charge in [-0.1, -0.05) is 23.5 Å². The highest BCUT2D eigenvalue weighted by Gasteiger charge is 2.04. The van der Waals surface area contributed by atoms with Gasteiger partial charge in [0, 0.05) is 10.9 Å². The monoisotopic (exact) mass is 193 g/mol. The van der Waals surface area contributed by atoms with E-state index < -0.39 is 0 Å². The standard InChI is InChI=1S/C9H7NO2S/c11-8-4-2-1-3-6(8)7-5-13-9(12)10-7/h1-5,11H,(H,10,12). The van der Waals surface area contributed by atoms with Gasteiger partial charge in [0.25, 0.3) is 0 Å². The van der Waals surface area contributed by atoms with Crippen LogP contribution in [0.3, 0.4) is 0 Å². The molecule has 0 radical (unpaired) electrons. The lowest BCUT2D eigenvalue weighted by molar-refractivity contribution is 0.477. The minimum Gasteiger partial charge on any atom is -0.507 e. The summed E-state index contributed by atoms with van der Waals surface area (Å²) in [5, 5.41) is 11.1. The van der Waals surface area contributed by atoms with Crippen LogP contribution >= 0.6 is 11.3 Å². The smallest absolute Gasteiger partial charge is 0.304 e. The van der Waals surface area contributed by atoms with Crippen LogP contribution in [0, 0.1) is 0 Å². The molecule has 0 fully saturated rings. The van der Waals surface area contributed by atoms with E-state index in [1.807, 2.05) is 6.07 Å². The molecule has 0 amide bonds. The highest BCUT2D eigenvalue weighted by atomic mass is 32.1. The molecule has 66 valence electrons. The number of thiazole rings is 1. The van der Waals surface area contributed by atoms with E-state index in [0.717, 1.165) is 11.3 Å². The largest absolute Gasteiger partial charge is 0.507 e. The summed E-state index contributed by atoms with van der Waals surface area (Å²) >= 11 is 1.09. The summed E-state index contributed by atoms with van der Waals surface area (Å²) in [5.74, 6) is 0.177. The zero-order valence-electron chi connectivity index (χ0n) is 6.65. The van der Waals surface area contributed by atoms with E-state index in [1.165, 1.54) is 0 Å². The van der Waals surface area contributed by atoms with Crippen LogP contribution in [0.25, 0.3) is 11.3 Å². The van der Waals surface area contributed by atoms with Gasteiger partial charge in [-0.2, -0.15) is 0 Å². The predicted octanol–water partition coefficient (Wildman–Crippen LogP) is 1.81. The van der Waals surface area contributed by atoms with Crippen molar-refractivity contribution in [2.45, 2.75) is 0 Å². The average Bonchev–Trinajstić information content (AvgIpc) is 2.53. The molecule has 0 bridgehead atoms.